The van der Waals surface area contributed by atoms with E-state index in [9.17, 15) is 0 Å². The Labute approximate surface area is 144 Å². The van der Waals surface area contributed by atoms with Gasteiger partial charge < -0.3 is 14.2 Å². The van der Waals surface area contributed by atoms with Crippen LogP contribution in [0.25, 0.3) is 0 Å². The molecule has 0 aliphatic carbocycles. The normalized spacial score (nSPS) is 23.6. The third-order valence-electron chi connectivity index (χ3n) is 4.56. The van der Waals surface area contributed by atoms with Gasteiger partial charge in [0.05, 0.1) is 18.0 Å². The molecule has 1 aromatic heterocycles. The Morgan fingerprint density at radius 2 is 2.08 bits per heavy atom. The first-order valence-corrected chi connectivity index (χ1v) is 8.31. The number of aromatic amines is 1. The first-order valence-electron chi connectivity index (χ1n) is 7.93. The number of nitrogens with one attached hydrogen (secondary N) is 1. The van der Waals surface area contributed by atoms with Crippen LogP contribution in [-0.4, -0.2) is 59.8 Å². The van der Waals surface area contributed by atoms with Crippen molar-refractivity contribution < 1.29 is 14.2 Å². The fourth-order valence-electron chi connectivity index (χ4n) is 3.36. The number of rotatable bonds is 4. The van der Waals surface area contributed by atoms with E-state index < -0.39 is 0 Å². The number of hydrogen-bond donors (Lipinski definition) is 1. The molecule has 128 valence electrons. The van der Waals surface area contributed by atoms with Crippen LogP contribution >= 0.6 is 11.6 Å². The lowest BCUT2D eigenvalue weighted by Gasteiger charge is -2.22. The summed E-state index contributed by atoms with van der Waals surface area (Å²) in [6.45, 7) is 3.51. The maximum Gasteiger partial charge on any atom is 0.162 e. The monoisotopic (exact) mass is 350 g/mol. The maximum absolute atomic E-state index is 6.43. The molecule has 0 unspecified atom stereocenters. The molecule has 1 aromatic carbocycles. The van der Waals surface area contributed by atoms with E-state index >= 15 is 0 Å². The number of fused-ring (bicyclic) bond motifs is 1. The lowest BCUT2D eigenvalue weighted by atomic mass is 10.0. The van der Waals surface area contributed by atoms with Crippen molar-refractivity contribution >= 4 is 11.6 Å². The van der Waals surface area contributed by atoms with Crippen LogP contribution in [0, 0.1) is 0 Å². The lowest BCUT2D eigenvalue weighted by Crippen LogP contribution is -2.23. The van der Waals surface area contributed by atoms with Crippen molar-refractivity contribution in [1.82, 2.24) is 20.3 Å². The Bertz CT molecular complexity index is 710. The van der Waals surface area contributed by atoms with Gasteiger partial charge in [-0.25, -0.2) is 0 Å². The van der Waals surface area contributed by atoms with Crippen molar-refractivity contribution in [2.45, 2.75) is 18.6 Å². The first kappa shape index (κ1) is 15.7. The second kappa shape index (κ2) is 6.58. The third kappa shape index (κ3) is 2.94. The van der Waals surface area contributed by atoms with Gasteiger partial charge in [-0.15, -0.1) is 0 Å². The average Bonchev–Trinajstić information content (AvgIpc) is 3.24. The lowest BCUT2D eigenvalue weighted by molar-refractivity contribution is 0.0957. The standard InChI is InChI=1S/C16H19ClN4O3/c1-22-16-9-21(8-11(16)13-6-18-20-19-13)7-10-4-14-15(5-12(10)17)24-3-2-23-14/h4-6,11,16H,2-3,7-9H2,1H3,(H,18,19,20)/t11-,16+/m0/s1. The molecule has 4 rings (SSSR count). The van der Waals surface area contributed by atoms with Gasteiger partial charge in [0, 0.05) is 43.8 Å². The number of aromatic nitrogens is 3. The zero-order valence-corrected chi connectivity index (χ0v) is 14.1. The molecule has 3 heterocycles. The van der Waals surface area contributed by atoms with Crippen LogP contribution in [0.4, 0.5) is 0 Å². The molecule has 0 bridgehead atoms. The Morgan fingerprint density at radius 3 is 2.79 bits per heavy atom. The van der Waals surface area contributed by atoms with E-state index in [0.717, 1.165) is 36.6 Å². The molecule has 0 amide bonds. The van der Waals surface area contributed by atoms with Gasteiger partial charge >= 0.3 is 0 Å². The molecule has 0 spiro atoms. The van der Waals surface area contributed by atoms with Crippen molar-refractivity contribution in [3.63, 3.8) is 0 Å². The Morgan fingerprint density at radius 1 is 1.29 bits per heavy atom. The quantitative estimate of drug-likeness (QED) is 0.907. The number of methoxy groups -OCH3 is 1. The largest absolute Gasteiger partial charge is 0.486 e. The molecule has 1 fully saturated rings. The van der Waals surface area contributed by atoms with E-state index in [1.165, 1.54) is 0 Å². The second-order valence-corrected chi connectivity index (χ2v) is 6.46. The van der Waals surface area contributed by atoms with Gasteiger partial charge in [0.1, 0.15) is 13.2 Å². The summed E-state index contributed by atoms with van der Waals surface area (Å²) in [5.74, 6) is 1.67. The summed E-state index contributed by atoms with van der Waals surface area (Å²) >= 11 is 6.43. The molecule has 1 N–H and O–H groups in total. The Kier molecular flexibility index (Phi) is 4.30. The fourth-order valence-corrected chi connectivity index (χ4v) is 3.57. The van der Waals surface area contributed by atoms with E-state index in [1.54, 1.807) is 13.3 Å². The summed E-state index contributed by atoms with van der Waals surface area (Å²) in [5.41, 5.74) is 1.95. The van der Waals surface area contributed by atoms with Crippen LogP contribution in [0.2, 0.25) is 5.02 Å². The highest BCUT2D eigenvalue weighted by Crippen LogP contribution is 2.37. The predicted molar refractivity (Wildman–Crippen MR) is 87.6 cm³/mol. The third-order valence-corrected chi connectivity index (χ3v) is 4.92. The summed E-state index contributed by atoms with van der Waals surface area (Å²) in [5, 5.41) is 11.5. The van der Waals surface area contributed by atoms with E-state index in [2.05, 4.69) is 20.3 Å². The van der Waals surface area contributed by atoms with E-state index in [4.69, 9.17) is 25.8 Å². The van der Waals surface area contributed by atoms with Crippen LogP contribution in [-0.2, 0) is 11.3 Å². The summed E-state index contributed by atoms with van der Waals surface area (Å²) in [6.07, 6.45) is 1.85. The fraction of sp³-hybridized carbons (Fsp3) is 0.500. The smallest absolute Gasteiger partial charge is 0.162 e. The van der Waals surface area contributed by atoms with Gasteiger partial charge in [-0.1, -0.05) is 11.6 Å². The highest BCUT2D eigenvalue weighted by molar-refractivity contribution is 6.31. The minimum atomic E-state index is 0.0890. The van der Waals surface area contributed by atoms with E-state index in [1.807, 2.05) is 12.1 Å². The number of hydrogen-bond acceptors (Lipinski definition) is 6. The highest BCUT2D eigenvalue weighted by atomic mass is 35.5. The van der Waals surface area contributed by atoms with Gasteiger partial charge in [0.25, 0.3) is 0 Å². The molecular formula is C16H19ClN4O3. The molecule has 0 radical (unpaired) electrons. The number of nitrogens with zero attached hydrogens (tertiary/aromatic N) is 3. The van der Waals surface area contributed by atoms with Gasteiger partial charge in [0.15, 0.2) is 11.5 Å². The summed E-state index contributed by atoms with van der Waals surface area (Å²) < 4.78 is 16.9. The summed E-state index contributed by atoms with van der Waals surface area (Å²) in [6, 6.07) is 3.81. The number of likely N-dealkylation sites (tertiary alicyclic amines) is 1. The van der Waals surface area contributed by atoms with Crippen molar-refractivity contribution in [2.75, 3.05) is 33.4 Å². The van der Waals surface area contributed by atoms with Crippen LogP contribution < -0.4 is 9.47 Å². The van der Waals surface area contributed by atoms with Crippen LogP contribution in [0.15, 0.2) is 18.3 Å². The topological polar surface area (TPSA) is 72.5 Å². The average molecular weight is 351 g/mol. The van der Waals surface area contributed by atoms with Crippen molar-refractivity contribution in [1.29, 1.82) is 0 Å². The molecule has 2 aliphatic heterocycles. The first-order chi connectivity index (χ1) is 11.7. The molecule has 24 heavy (non-hydrogen) atoms. The number of halogens is 1. The van der Waals surface area contributed by atoms with E-state index in [-0.39, 0.29) is 12.0 Å². The minimum absolute atomic E-state index is 0.0890. The molecule has 2 aliphatic rings. The van der Waals surface area contributed by atoms with Gasteiger partial charge in [-0.2, -0.15) is 15.4 Å². The zero-order chi connectivity index (χ0) is 16.5. The van der Waals surface area contributed by atoms with Gasteiger partial charge in [0.2, 0.25) is 0 Å². The second-order valence-electron chi connectivity index (χ2n) is 6.06. The molecule has 0 saturated carbocycles. The molecule has 2 aromatic rings. The minimum Gasteiger partial charge on any atom is -0.486 e. The number of benzene rings is 1. The molecule has 1 saturated heterocycles. The summed E-state index contributed by atoms with van der Waals surface area (Å²) in [4.78, 5) is 2.31. The number of ether oxygens (including phenoxy) is 3. The molecule has 8 heteroatoms. The summed E-state index contributed by atoms with van der Waals surface area (Å²) in [7, 11) is 1.73. The van der Waals surface area contributed by atoms with E-state index in [0.29, 0.717) is 24.0 Å². The molecular weight excluding hydrogens is 332 g/mol. The zero-order valence-electron chi connectivity index (χ0n) is 13.4. The predicted octanol–water partition coefficient (Wildman–Crippen LogP) is 1.84. The van der Waals surface area contributed by atoms with Crippen molar-refractivity contribution in [2.24, 2.45) is 0 Å². The SMILES string of the molecule is CO[C@@H]1CN(Cc2cc3c(cc2Cl)OCCO3)C[C@H]1c1cn[nH]n1. The van der Waals surface area contributed by atoms with Gasteiger partial charge in [-0.3, -0.25) is 4.90 Å². The van der Waals surface area contributed by atoms with Crippen LogP contribution in [0.5, 0.6) is 11.5 Å². The number of H-pyrrole nitrogens is 1. The maximum atomic E-state index is 6.43. The van der Waals surface area contributed by atoms with Crippen molar-refractivity contribution in [3.8, 4) is 11.5 Å². The van der Waals surface area contributed by atoms with Crippen molar-refractivity contribution in [3.05, 3.63) is 34.6 Å². The Hall–Kier alpha value is -1.83. The van der Waals surface area contributed by atoms with Gasteiger partial charge in [-0.05, 0) is 11.6 Å². The Balaban J connectivity index is 1.51. The molecule has 7 nitrogen and oxygen atoms in total. The van der Waals surface area contributed by atoms with Crippen LogP contribution in [0.3, 0.4) is 0 Å². The molecule has 2 atom stereocenters. The highest BCUT2D eigenvalue weighted by Gasteiger charge is 2.35. The van der Waals surface area contributed by atoms with Crippen LogP contribution in [0.1, 0.15) is 17.2 Å².